The Labute approximate surface area is 139 Å². The van der Waals surface area contributed by atoms with Crippen LogP contribution in [0.1, 0.15) is 31.2 Å². The van der Waals surface area contributed by atoms with Gasteiger partial charge in [0.25, 0.3) is 0 Å². The van der Waals surface area contributed by atoms with Gasteiger partial charge >= 0.3 is 0 Å². The molecular formula is C19H28N2O2. The zero-order valence-electron chi connectivity index (χ0n) is 14.3. The van der Waals surface area contributed by atoms with E-state index in [0.717, 1.165) is 50.9 Å². The molecule has 1 spiro atoms. The predicted octanol–water partition coefficient (Wildman–Crippen LogP) is 2.33. The molecule has 23 heavy (non-hydrogen) atoms. The Morgan fingerprint density at radius 2 is 1.96 bits per heavy atom. The summed E-state index contributed by atoms with van der Waals surface area (Å²) in [5.74, 6) is 0.242. The normalized spacial score (nSPS) is 24.1. The molecular weight excluding hydrogens is 288 g/mol. The third-order valence-corrected chi connectivity index (χ3v) is 5.42. The molecule has 2 fully saturated rings. The zero-order valence-corrected chi connectivity index (χ0v) is 14.3. The maximum absolute atomic E-state index is 12.5. The molecule has 126 valence electrons. The fourth-order valence-corrected chi connectivity index (χ4v) is 3.84. The molecule has 1 aromatic rings. The second-order valence-electron chi connectivity index (χ2n) is 7.18. The number of carbonyl (C=O) groups excluding carboxylic acids is 1. The highest BCUT2D eigenvalue weighted by molar-refractivity contribution is 5.78. The molecule has 0 aliphatic carbocycles. The molecule has 4 heteroatoms. The van der Waals surface area contributed by atoms with Crippen LogP contribution in [0.25, 0.3) is 0 Å². The third-order valence-electron chi connectivity index (χ3n) is 5.42. The Hall–Kier alpha value is -1.39. The van der Waals surface area contributed by atoms with Crippen molar-refractivity contribution in [2.45, 2.75) is 43.7 Å². The van der Waals surface area contributed by atoms with E-state index in [0.29, 0.717) is 12.5 Å². The number of hydrogen-bond donors (Lipinski definition) is 0. The van der Waals surface area contributed by atoms with Crippen molar-refractivity contribution in [2.24, 2.45) is 0 Å². The summed E-state index contributed by atoms with van der Waals surface area (Å²) in [6.07, 6.45) is 4.66. The lowest BCUT2D eigenvalue weighted by Crippen LogP contribution is -2.53. The molecule has 1 atom stereocenters. The second kappa shape index (κ2) is 7.02. The highest BCUT2D eigenvalue weighted by Crippen LogP contribution is 2.36. The van der Waals surface area contributed by atoms with Gasteiger partial charge in [0.2, 0.25) is 5.91 Å². The molecule has 2 heterocycles. The lowest BCUT2D eigenvalue weighted by atomic mass is 9.82. The van der Waals surface area contributed by atoms with Crippen molar-refractivity contribution in [3.8, 4) is 0 Å². The number of likely N-dealkylation sites (tertiary alicyclic amines) is 1. The van der Waals surface area contributed by atoms with E-state index in [2.05, 4.69) is 19.0 Å². The molecule has 2 aliphatic heterocycles. The lowest BCUT2D eigenvalue weighted by molar-refractivity contribution is -0.147. The van der Waals surface area contributed by atoms with Crippen LogP contribution in [0, 0.1) is 0 Å². The van der Waals surface area contributed by atoms with Crippen LogP contribution in [0.2, 0.25) is 0 Å². The van der Waals surface area contributed by atoms with Gasteiger partial charge < -0.3 is 14.5 Å². The van der Waals surface area contributed by atoms with Gasteiger partial charge in [-0.2, -0.15) is 0 Å². The van der Waals surface area contributed by atoms with E-state index in [1.54, 1.807) is 0 Å². The maximum Gasteiger partial charge on any atom is 0.226 e. The van der Waals surface area contributed by atoms with Gasteiger partial charge in [0.15, 0.2) is 0 Å². The van der Waals surface area contributed by atoms with Gasteiger partial charge in [-0.05, 0) is 45.3 Å². The van der Waals surface area contributed by atoms with E-state index >= 15 is 0 Å². The fourth-order valence-electron chi connectivity index (χ4n) is 3.84. The topological polar surface area (TPSA) is 32.8 Å². The molecule has 0 bridgehead atoms. The molecule has 4 nitrogen and oxygen atoms in total. The average molecular weight is 316 g/mol. The highest BCUT2D eigenvalue weighted by atomic mass is 16.5. The molecule has 0 saturated carbocycles. The molecule has 2 saturated heterocycles. The van der Waals surface area contributed by atoms with Gasteiger partial charge in [0, 0.05) is 25.7 Å². The number of nitrogens with zero attached hydrogens (tertiary/aromatic N) is 2. The molecule has 3 rings (SSSR count). The number of piperidine rings is 1. The largest absolute Gasteiger partial charge is 0.375 e. The standard InChI is InChI=1S/C19H28N2O2/c1-20(2)17-8-13-23-19(15-17)9-11-21(12-10-19)18(22)14-16-6-4-3-5-7-16/h3-7,17H,8-15H2,1-2H3. The second-order valence-corrected chi connectivity index (χ2v) is 7.18. The van der Waals surface area contributed by atoms with E-state index in [1.165, 1.54) is 0 Å². The molecule has 0 radical (unpaired) electrons. The minimum atomic E-state index is -0.00326. The van der Waals surface area contributed by atoms with Crippen molar-refractivity contribution in [3.63, 3.8) is 0 Å². The quantitative estimate of drug-likeness (QED) is 0.858. The SMILES string of the molecule is CN(C)C1CCOC2(CCN(C(=O)Cc3ccccc3)CC2)C1. The van der Waals surface area contributed by atoms with E-state index < -0.39 is 0 Å². The summed E-state index contributed by atoms with van der Waals surface area (Å²) in [6, 6.07) is 10.6. The Balaban J connectivity index is 1.54. The zero-order chi connectivity index (χ0) is 16.3. The Kier molecular flexibility index (Phi) is 5.02. The molecule has 1 amide bonds. The van der Waals surface area contributed by atoms with Crippen molar-refractivity contribution in [2.75, 3.05) is 33.8 Å². The summed E-state index contributed by atoms with van der Waals surface area (Å²) in [7, 11) is 4.31. The van der Waals surface area contributed by atoms with Crippen LogP contribution in [0.4, 0.5) is 0 Å². The van der Waals surface area contributed by atoms with Crippen LogP contribution < -0.4 is 0 Å². The van der Waals surface area contributed by atoms with Crippen LogP contribution >= 0.6 is 0 Å². The van der Waals surface area contributed by atoms with Crippen LogP contribution in [0.5, 0.6) is 0 Å². The summed E-state index contributed by atoms with van der Waals surface area (Å²) >= 11 is 0. The summed E-state index contributed by atoms with van der Waals surface area (Å²) in [4.78, 5) is 16.8. The Morgan fingerprint density at radius 1 is 1.26 bits per heavy atom. The van der Waals surface area contributed by atoms with Gasteiger partial charge in [-0.25, -0.2) is 0 Å². The lowest BCUT2D eigenvalue weighted by Gasteiger charge is -2.47. The van der Waals surface area contributed by atoms with E-state index in [4.69, 9.17) is 4.74 Å². The van der Waals surface area contributed by atoms with Gasteiger partial charge in [-0.1, -0.05) is 30.3 Å². The van der Waals surface area contributed by atoms with Crippen molar-refractivity contribution >= 4 is 5.91 Å². The highest BCUT2D eigenvalue weighted by Gasteiger charge is 2.41. The van der Waals surface area contributed by atoms with Crippen LogP contribution in [0.15, 0.2) is 30.3 Å². The van der Waals surface area contributed by atoms with Crippen molar-refractivity contribution < 1.29 is 9.53 Å². The average Bonchev–Trinajstić information content (AvgIpc) is 2.56. The van der Waals surface area contributed by atoms with Crippen molar-refractivity contribution in [3.05, 3.63) is 35.9 Å². The first-order valence-electron chi connectivity index (χ1n) is 8.70. The van der Waals surface area contributed by atoms with Gasteiger partial charge in [-0.3, -0.25) is 4.79 Å². The van der Waals surface area contributed by atoms with Crippen molar-refractivity contribution in [1.82, 2.24) is 9.80 Å². The smallest absolute Gasteiger partial charge is 0.226 e. The summed E-state index contributed by atoms with van der Waals surface area (Å²) < 4.78 is 6.17. The Bertz CT molecular complexity index is 521. The molecule has 0 N–H and O–H groups in total. The van der Waals surface area contributed by atoms with Crippen molar-refractivity contribution in [1.29, 1.82) is 0 Å². The van der Waals surface area contributed by atoms with Crippen LogP contribution in [-0.2, 0) is 16.0 Å². The molecule has 2 aliphatic rings. The number of benzene rings is 1. The van der Waals surface area contributed by atoms with E-state index in [-0.39, 0.29) is 11.5 Å². The minimum absolute atomic E-state index is 0.00326. The number of ether oxygens (including phenoxy) is 1. The number of amides is 1. The molecule has 0 aromatic heterocycles. The number of rotatable bonds is 3. The van der Waals surface area contributed by atoms with E-state index in [1.807, 2.05) is 35.2 Å². The summed E-state index contributed by atoms with van der Waals surface area (Å²) in [6.45, 7) is 2.50. The van der Waals surface area contributed by atoms with Gasteiger partial charge in [-0.15, -0.1) is 0 Å². The first-order chi connectivity index (χ1) is 11.1. The van der Waals surface area contributed by atoms with Crippen LogP contribution in [-0.4, -0.2) is 61.1 Å². The Morgan fingerprint density at radius 3 is 2.61 bits per heavy atom. The summed E-state index contributed by atoms with van der Waals surface area (Å²) in [5, 5.41) is 0. The first-order valence-corrected chi connectivity index (χ1v) is 8.70. The van der Waals surface area contributed by atoms with Crippen LogP contribution in [0.3, 0.4) is 0 Å². The van der Waals surface area contributed by atoms with Gasteiger partial charge in [0.05, 0.1) is 12.0 Å². The predicted molar refractivity (Wildman–Crippen MR) is 91.4 cm³/mol. The number of hydrogen-bond acceptors (Lipinski definition) is 3. The minimum Gasteiger partial charge on any atom is -0.375 e. The third kappa shape index (κ3) is 3.93. The summed E-state index contributed by atoms with van der Waals surface area (Å²) in [5.41, 5.74) is 1.09. The monoisotopic (exact) mass is 316 g/mol. The first kappa shape index (κ1) is 16.5. The van der Waals surface area contributed by atoms with E-state index in [9.17, 15) is 4.79 Å². The van der Waals surface area contributed by atoms with Gasteiger partial charge in [0.1, 0.15) is 0 Å². The number of carbonyl (C=O) groups is 1. The molecule has 1 aromatic carbocycles. The fraction of sp³-hybridized carbons (Fsp3) is 0.632. The maximum atomic E-state index is 12.5. The molecule has 1 unspecified atom stereocenters.